The second kappa shape index (κ2) is 15.9. The predicted octanol–water partition coefficient (Wildman–Crippen LogP) is 6.39. The van der Waals surface area contributed by atoms with Gasteiger partial charge in [0.1, 0.15) is 28.9 Å². The largest absolute Gasteiger partial charge is 2.00 e. The van der Waals surface area contributed by atoms with Crippen molar-refractivity contribution < 1.29 is 48.9 Å². The maximum Gasteiger partial charge on any atom is 2.00 e. The van der Waals surface area contributed by atoms with Gasteiger partial charge in [-0.05, 0) is 101 Å². The molecule has 11 heteroatoms. The van der Waals surface area contributed by atoms with Crippen LogP contribution < -0.4 is 39.7 Å². The van der Waals surface area contributed by atoms with E-state index in [0.29, 0.717) is 61.7 Å². The van der Waals surface area contributed by atoms with Gasteiger partial charge in [0, 0.05) is 16.7 Å². The standard InChI is InChI=1S/C47H35N4O6.Pd/c1-53-31-13-5-27(6-14-31)41-35-21-22-36(48-35)42(28-7-15-32(54-2)16-8-28)38-24-26-40(50-38)44(30-11-19-34(56-4)20-12-30)46-51-45(47(52)57-46)43(39-25-23-37(41)49-39)29-9-17-33(55-3)18-10-29;/h5-26H,1-4H3,(H-,48,49,50,51,52);/q-1;+2/p-1. The molecule has 6 aromatic rings. The van der Waals surface area contributed by atoms with Gasteiger partial charge in [-0.25, -0.2) is 15.0 Å². The normalized spacial score (nSPS) is 14.3. The van der Waals surface area contributed by atoms with Gasteiger partial charge in [0.25, 0.3) is 0 Å². The van der Waals surface area contributed by atoms with E-state index in [4.69, 9.17) is 43.3 Å². The number of hydrogen-bond donors (Lipinski definition) is 0. The molecule has 0 saturated carbocycles. The number of benzene rings is 4. The van der Waals surface area contributed by atoms with E-state index in [9.17, 15) is 5.11 Å². The predicted molar refractivity (Wildman–Crippen MR) is 217 cm³/mol. The molecule has 58 heavy (non-hydrogen) atoms. The third-order valence-electron chi connectivity index (χ3n) is 10.0. The van der Waals surface area contributed by atoms with Crippen LogP contribution in [0.15, 0.2) is 159 Å². The molecule has 0 spiro atoms. The summed E-state index contributed by atoms with van der Waals surface area (Å²) in [5.41, 5.74) is 8.53. The average Bonchev–Trinajstić information content (AvgIpc) is 4.09. The summed E-state index contributed by atoms with van der Waals surface area (Å²) >= 11 is 0. The number of methoxy groups -OCH3 is 4. The van der Waals surface area contributed by atoms with E-state index in [1.807, 2.05) is 133 Å². The van der Waals surface area contributed by atoms with E-state index < -0.39 is 5.95 Å². The van der Waals surface area contributed by atoms with Crippen molar-refractivity contribution in [1.29, 1.82) is 0 Å². The fourth-order valence-corrected chi connectivity index (χ4v) is 7.16. The Bertz CT molecular complexity index is 2860. The molecule has 3 aliphatic heterocycles. The molecule has 0 aliphatic carbocycles. The van der Waals surface area contributed by atoms with Gasteiger partial charge in [-0.3, -0.25) is 0 Å². The van der Waals surface area contributed by atoms with Crippen LogP contribution in [0.4, 0.5) is 0 Å². The Morgan fingerprint density at radius 3 is 1.31 bits per heavy atom. The first-order valence-electron chi connectivity index (χ1n) is 18.1. The summed E-state index contributed by atoms with van der Waals surface area (Å²) in [6, 6.07) is 34.3. The van der Waals surface area contributed by atoms with Crippen molar-refractivity contribution >= 4 is 33.7 Å². The summed E-state index contributed by atoms with van der Waals surface area (Å²) in [5, 5.41) is 15.4. The van der Waals surface area contributed by atoms with Crippen LogP contribution in [0.2, 0.25) is 0 Å². The van der Waals surface area contributed by atoms with Gasteiger partial charge < -0.3 is 33.5 Å². The molecular formula is C47H34N4O6Pd. The van der Waals surface area contributed by atoms with Crippen molar-refractivity contribution in [2.24, 2.45) is 9.98 Å². The van der Waals surface area contributed by atoms with Gasteiger partial charge in [-0.2, -0.15) is 0 Å². The number of nitrogens with zero attached hydrogens (tertiary/aromatic N) is 4. The molecule has 288 valence electrons. The Labute approximate surface area is 347 Å². The molecular weight excluding hydrogens is 823 g/mol. The summed E-state index contributed by atoms with van der Waals surface area (Å²) in [4.78, 5) is 20.7. The maximum atomic E-state index is 14.1. The molecule has 4 aromatic carbocycles. The first-order chi connectivity index (χ1) is 27.9. The molecule has 0 fully saturated rings. The molecule has 0 saturated heterocycles. The van der Waals surface area contributed by atoms with E-state index in [0.717, 1.165) is 39.3 Å². The molecule has 0 radical (unpaired) electrons. The van der Waals surface area contributed by atoms with Crippen LogP contribution in [0.1, 0.15) is 33.8 Å². The number of allylic oxidation sites excluding steroid dienone is 5. The molecule has 0 atom stereocenters. The zero-order valence-corrected chi connectivity index (χ0v) is 33.3. The second-order valence-electron chi connectivity index (χ2n) is 13.2. The molecule has 8 bridgehead atoms. The van der Waals surface area contributed by atoms with Crippen LogP contribution in [0, 0.1) is 0 Å². The van der Waals surface area contributed by atoms with Crippen LogP contribution in [0.5, 0.6) is 28.9 Å². The Hall–Kier alpha value is -6.93. The van der Waals surface area contributed by atoms with Gasteiger partial charge in [0.2, 0.25) is 0 Å². The van der Waals surface area contributed by atoms with Gasteiger partial charge in [0.05, 0.1) is 62.9 Å². The molecule has 10 nitrogen and oxygen atoms in total. The van der Waals surface area contributed by atoms with Gasteiger partial charge in [-0.1, -0.05) is 60.7 Å². The van der Waals surface area contributed by atoms with E-state index in [1.165, 1.54) is 0 Å². The third kappa shape index (κ3) is 6.91. The van der Waals surface area contributed by atoms with E-state index in [-0.39, 0.29) is 32.0 Å². The monoisotopic (exact) mass is 856 g/mol. The Balaban J connectivity index is 0.00000469. The summed E-state index contributed by atoms with van der Waals surface area (Å²) in [5.74, 6) is 2.28. The van der Waals surface area contributed by atoms with Crippen LogP contribution in [-0.4, -0.2) is 44.8 Å². The summed E-state index contributed by atoms with van der Waals surface area (Å²) < 4.78 is 28.0. The van der Waals surface area contributed by atoms with Crippen LogP contribution in [0.25, 0.3) is 22.3 Å². The van der Waals surface area contributed by atoms with E-state index in [1.54, 1.807) is 28.4 Å². The minimum atomic E-state index is -0.616. The zero-order chi connectivity index (χ0) is 39.0. The fraction of sp³-hybridized carbons (Fsp3) is 0.0851. The van der Waals surface area contributed by atoms with Crippen LogP contribution >= 0.6 is 0 Å². The average molecular weight is 857 g/mol. The maximum absolute atomic E-state index is 14.1. The minimum absolute atomic E-state index is 0. The molecule has 9 rings (SSSR count). The summed E-state index contributed by atoms with van der Waals surface area (Å²) in [7, 11) is 6.49. The summed E-state index contributed by atoms with van der Waals surface area (Å²) in [6.45, 7) is 0. The molecule has 3 aliphatic rings. The van der Waals surface area contributed by atoms with Gasteiger partial charge in [-0.15, -0.1) is 10.7 Å². The fourth-order valence-electron chi connectivity index (χ4n) is 7.16. The van der Waals surface area contributed by atoms with Crippen molar-refractivity contribution in [2.45, 2.75) is 0 Å². The van der Waals surface area contributed by atoms with Crippen LogP contribution in [0.3, 0.4) is 0 Å². The zero-order valence-electron chi connectivity index (χ0n) is 31.8. The number of fused-ring (bicyclic) bond motifs is 6. The first-order valence-corrected chi connectivity index (χ1v) is 18.1. The van der Waals surface area contributed by atoms with Crippen LogP contribution in [-0.2, 0) is 20.4 Å². The van der Waals surface area contributed by atoms with Crippen molar-refractivity contribution in [3.8, 4) is 28.9 Å². The summed E-state index contributed by atoms with van der Waals surface area (Å²) in [6.07, 6.45) is 7.82. The Morgan fingerprint density at radius 1 is 0.466 bits per heavy atom. The molecule has 0 N–H and O–H groups in total. The van der Waals surface area contributed by atoms with Crippen molar-refractivity contribution in [3.63, 3.8) is 0 Å². The van der Waals surface area contributed by atoms with Crippen molar-refractivity contribution in [3.05, 3.63) is 189 Å². The molecule has 2 aromatic heterocycles. The Morgan fingerprint density at radius 2 is 0.845 bits per heavy atom. The minimum Gasteiger partial charge on any atom is -0.657 e. The number of aromatic nitrogens is 2. The second-order valence-corrected chi connectivity index (χ2v) is 13.2. The quantitative estimate of drug-likeness (QED) is 0.162. The number of aliphatic imine (C=N–C) groups is 2. The smallest absolute Gasteiger partial charge is 0.657 e. The van der Waals surface area contributed by atoms with Crippen molar-refractivity contribution in [2.75, 3.05) is 28.4 Å². The van der Waals surface area contributed by atoms with Gasteiger partial charge in [0.15, 0.2) is 0 Å². The van der Waals surface area contributed by atoms with Crippen molar-refractivity contribution in [1.82, 2.24) is 9.97 Å². The van der Waals surface area contributed by atoms with E-state index >= 15 is 0 Å². The van der Waals surface area contributed by atoms with Gasteiger partial charge >= 0.3 is 20.4 Å². The number of ether oxygens (including phenoxy) is 4. The molecule has 5 heterocycles. The van der Waals surface area contributed by atoms with E-state index in [2.05, 4.69) is 0 Å². The number of hydrogen-bond acceptors (Lipinski definition) is 9. The SMILES string of the molecule is COc1ccc(C2=C3C=CC(=N3)C(c3ccc(OC)cc3)=c3ccc([n-]3)=C(c3ccc(OC)cc3)c3nc(c([O-])o3)C(c3ccc(OC)cc3)=C3C=CC2=N3)cc1.[Pd+2]. The topological polar surface area (TPSA) is 125 Å². The molecule has 0 unspecified atom stereocenters. The third-order valence-corrected chi connectivity index (χ3v) is 10.0. The number of oxazole rings is 1. The molecule has 0 amide bonds. The Kier molecular flexibility index (Phi) is 10.4. The number of rotatable bonds is 8. The first kappa shape index (κ1) is 38.0.